The second-order valence-electron chi connectivity index (χ2n) is 2.19. The summed E-state index contributed by atoms with van der Waals surface area (Å²) >= 11 is 5.21. The molecule has 1 unspecified atom stereocenters. The highest BCUT2D eigenvalue weighted by atomic mass is 35.5. The normalized spacial score (nSPS) is 12.8. The van der Waals surface area contributed by atoms with E-state index in [1.807, 2.05) is 0 Å². The molecule has 0 aromatic heterocycles. The zero-order chi connectivity index (χ0) is 9.56. The van der Waals surface area contributed by atoms with Gasteiger partial charge in [-0.05, 0) is 6.92 Å². The van der Waals surface area contributed by atoms with E-state index in [1.54, 1.807) is 6.92 Å². The van der Waals surface area contributed by atoms with Gasteiger partial charge < -0.3 is 10.4 Å². The molecule has 0 aliphatic heterocycles. The summed E-state index contributed by atoms with van der Waals surface area (Å²) in [6, 6.07) is -0.313. The Bertz CT molecular complexity index is 203. The highest BCUT2D eigenvalue weighted by Crippen LogP contribution is 1.86. The Morgan fingerprint density at radius 2 is 2.25 bits per heavy atom. The van der Waals surface area contributed by atoms with Gasteiger partial charge in [-0.25, -0.2) is 4.79 Å². The zero-order valence-electron chi connectivity index (χ0n) is 6.58. The van der Waals surface area contributed by atoms with Crippen LogP contribution in [0.2, 0.25) is 0 Å². The quantitative estimate of drug-likeness (QED) is 0.499. The number of rotatable bonds is 4. The van der Waals surface area contributed by atoms with Crippen LogP contribution in [0.5, 0.6) is 0 Å². The molecule has 4 nitrogen and oxygen atoms in total. The summed E-state index contributed by atoms with van der Waals surface area (Å²) in [7, 11) is 0. The summed E-state index contributed by atoms with van der Waals surface area (Å²) < 4.78 is 0. The van der Waals surface area contributed by atoms with Crippen molar-refractivity contribution >= 4 is 23.5 Å². The first-order valence-electron chi connectivity index (χ1n) is 3.32. The Balaban J connectivity index is 3.81. The van der Waals surface area contributed by atoms with E-state index in [9.17, 15) is 9.59 Å². The fourth-order valence-electron chi connectivity index (χ4n) is 0.567. The van der Waals surface area contributed by atoms with Gasteiger partial charge in [0.25, 0.3) is 0 Å². The van der Waals surface area contributed by atoms with Crippen LogP contribution < -0.4 is 5.32 Å². The molecule has 68 valence electrons. The maximum absolute atomic E-state index is 10.6. The Morgan fingerprint density at radius 1 is 1.67 bits per heavy atom. The largest absolute Gasteiger partial charge is 0.478 e. The molecule has 0 aromatic rings. The maximum Gasteiger partial charge on any atom is 0.328 e. The standard InChI is InChI=1S/C7H10ClNO3/c1-5(2-3-7(11)12)9-6(10)4-8/h2-3,5H,4H2,1H3,(H,9,10)(H,11,12)/b3-2+. The first-order chi connectivity index (χ1) is 5.56. The van der Waals surface area contributed by atoms with Gasteiger partial charge in [-0.15, -0.1) is 11.6 Å². The van der Waals surface area contributed by atoms with Crippen molar-refractivity contribution in [2.24, 2.45) is 0 Å². The monoisotopic (exact) mass is 191 g/mol. The predicted octanol–water partition coefficient (Wildman–Crippen LogP) is 0.371. The van der Waals surface area contributed by atoms with E-state index < -0.39 is 5.97 Å². The van der Waals surface area contributed by atoms with Crippen LogP contribution in [0.3, 0.4) is 0 Å². The lowest BCUT2D eigenvalue weighted by molar-refractivity contribution is -0.131. The van der Waals surface area contributed by atoms with Gasteiger partial charge in [-0.2, -0.15) is 0 Å². The molecule has 0 radical (unpaired) electrons. The Hall–Kier alpha value is -1.03. The van der Waals surface area contributed by atoms with Crippen LogP contribution in [0, 0.1) is 0 Å². The first kappa shape index (κ1) is 11.0. The van der Waals surface area contributed by atoms with Gasteiger partial charge in [0.1, 0.15) is 5.88 Å². The Kier molecular flexibility index (Phi) is 5.12. The number of carbonyl (C=O) groups excluding carboxylic acids is 1. The van der Waals surface area contributed by atoms with Gasteiger partial charge in [0.15, 0.2) is 0 Å². The number of alkyl halides is 1. The number of carboxylic acid groups (broad SMARTS) is 1. The molecule has 0 saturated carbocycles. The van der Waals surface area contributed by atoms with Gasteiger partial charge >= 0.3 is 5.97 Å². The number of aliphatic carboxylic acids is 1. The third kappa shape index (κ3) is 5.73. The number of halogens is 1. The lowest BCUT2D eigenvalue weighted by Crippen LogP contribution is -2.31. The molecule has 5 heteroatoms. The highest BCUT2D eigenvalue weighted by Gasteiger charge is 2.01. The molecule has 1 atom stereocenters. The Labute approximate surface area is 75.2 Å². The number of hydrogen-bond acceptors (Lipinski definition) is 2. The molecule has 12 heavy (non-hydrogen) atoms. The summed E-state index contributed by atoms with van der Waals surface area (Å²) in [5.41, 5.74) is 0. The van der Waals surface area contributed by atoms with Crippen LogP contribution in [0.15, 0.2) is 12.2 Å². The van der Waals surface area contributed by atoms with E-state index in [0.717, 1.165) is 6.08 Å². The molecule has 0 rings (SSSR count). The van der Waals surface area contributed by atoms with Crippen molar-refractivity contribution < 1.29 is 14.7 Å². The number of hydrogen-bond donors (Lipinski definition) is 2. The van der Waals surface area contributed by atoms with Gasteiger partial charge in [0.05, 0.1) is 0 Å². The Morgan fingerprint density at radius 3 is 2.67 bits per heavy atom. The second kappa shape index (κ2) is 5.60. The first-order valence-corrected chi connectivity index (χ1v) is 3.86. The van der Waals surface area contributed by atoms with E-state index in [0.29, 0.717) is 0 Å². The zero-order valence-corrected chi connectivity index (χ0v) is 7.34. The van der Waals surface area contributed by atoms with Crippen molar-refractivity contribution in [1.29, 1.82) is 0 Å². The summed E-state index contributed by atoms with van der Waals surface area (Å²) in [5.74, 6) is -1.48. The van der Waals surface area contributed by atoms with Gasteiger partial charge in [0, 0.05) is 12.1 Å². The fraction of sp³-hybridized carbons (Fsp3) is 0.429. The lowest BCUT2D eigenvalue weighted by atomic mass is 10.3. The van der Waals surface area contributed by atoms with Crippen LogP contribution in [0.1, 0.15) is 6.92 Å². The summed E-state index contributed by atoms with van der Waals surface area (Å²) in [4.78, 5) is 20.7. The van der Waals surface area contributed by atoms with E-state index in [2.05, 4.69) is 5.32 Å². The van der Waals surface area contributed by atoms with Gasteiger partial charge in [-0.3, -0.25) is 4.79 Å². The molecule has 0 aromatic carbocycles. The smallest absolute Gasteiger partial charge is 0.328 e. The topological polar surface area (TPSA) is 66.4 Å². The van der Waals surface area contributed by atoms with Crippen molar-refractivity contribution in [2.75, 3.05) is 5.88 Å². The van der Waals surface area contributed by atoms with Crippen molar-refractivity contribution in [3.63, 3.8) is 0 Å². The van der Waals surface area contributed by atoms with E-state index in [4.69, 9.17) is 16.7 Å². The minimum atomic E-state index is -1.04. The fourth-order valence-corrected chi connectivity index (χ4v) is 0.644. The van der Waals surface area contributed by atoms with Crippen molar-refractivity contribution in [3.05, 3.63) is 12.2 Å². The SMILES string of the molecule is CC(/C=C/C(=O)O)NC(=O)CCl. The molecule has 0 heterocycles. The minimum Gasteiger partial charge on any atom is -0.478 e. The molecule has 0 fully saturated rings. The van der Waals surface area contributed by atoms with Crippen molar-refractivity contribution in [2.45, 2.75) is 13.0 Å². The number of carboxylic acids is 1. The van der Waals surface area contributed by atoms with Gasteiger partial charge in [0.2, 0.25) is 5.91 Å². The van der Waals surface area contributed by atoms with Crippen molar-refractivity contribution in [3.8, 4) is 0 Å². The molecule has 0 aliphatic carbocycles. The molecule has 0 saturated heterocycles. The number of amides is 1. The average molecular weight is 192 g/mol. The van der Waals surface area contributed by atoms with Crippen LogP contribution in [-0.2, 0) is 9.59 Å². The summed E-state index contributed by atoms with van der Waals surface area (Å²) in [6.45, 7) is 1.66. The number of carbonyl (C=O) groups is 2. The van der Waals surface area contributed by atoms with Crippen molar-refractivity contribution in [1.82, 2.24) is 5.32 Å². The van der Waals surface area contributed by atoms with Crippen LogP contribution in [0.4, 0.5) is 0 Å². The minimum absolute atomic E-state index is 0.120. The van der Waals surface area contributed by atoms with E-state index in [-0.39, 0.29) is 17.8 Å². The molecule has 0 bridgehead atoms. The van der Waals surface area contributed by atoms with E-state index >= 15 is 0 Å². The van der Waals surface area contributed by atoms with Gasteiger partial charge in [-0.1, -0.05) is 6.08 Å². The second-order valence-corrected chi connectivity index (χ2v) is 2.45. The van der Waals surface area contributed by atoms with Crippen LogP contribution in [-0.4, -0.2) is 28.9 Å². The van der Waals surface area contributed by atoms with Crippen LogP contribution in [0.25, 0.3) is 0 Å². The highest BCUT2D eigenvalue weighted by molar-refractivity contribution is 6.27. The number of nitrogens with one attached hydrogen (secondary N) is 1. The molecule has 2 N–H and O–H groups in total. The molecular weight excluding hydrogens is 182 g/mol. The molecule has 1 amide bonds. The predicted molar refractivity (Wildman–Crippen MR) is 45.1 cm³/mol. The molecular formula is C7H10ClNO3. The summed E-state index contributed by atoms with van der Waals surface area (Å²) in [5, 5.41) is 10.7. The summed E-state index contributed by atoms with van der Waals surface area (Å²) in [6.07, 6.45) is 2.34. The maximum atomic E-state index is 10.6. The lowest BCUT2D eigenvalue weighted by Gasteiger charge is -2.06. The third-order valence-electron chi connectivity index (χ3n) is 1.04. The van der Waals surface area contributed by atoms with Crippen LogP contribution >= 0.6 is 11.6 Å². The average Bonchev–Trinajstić information content (AvgIpc) is 2.00. The molecule has 0 aliphatic rings. The molecule has 0 spiro atoms. The van der Waals surface area contributed by atoms with E-state index in [1.165, 1.54) is 6.08 Å². The third-order valence-corrected chi connectivity index (χ3v) is 1.28.